The molecule has 2 heterocycles. The van der Waals surface area contributed by atoms with Gasteiger partial charge in [-0.3, -0.25) is 9.78 Å². The molecule has 0 bridgehead atoms. The van der Waals surface area contributed by atoms with Crippen LogP contribution in [0.25, 0.3) is 17.2 Å². The number of hydrogen-bond acceptors (Lipinski definition) is 4. The van der Waals surface area contributed by atoms with E-state index >= 15 is 0 Å². The molecule has 1 amide bonds. The number of carbonyl (C=O) groups excluding carboxylic acids is 1. The summed E-state index contributed by atoms with van der Waals surface area (Å²) in [6.45, 7) is 4.97. The first-order chi connectivity index (χ1) is 17.0. The molecule has 2 aliphatic rings. The molecule has 178 valence electrons. The van der Waals surface area contributed by atoms with Crippen LogP contribution in [0.2, 0.25) is 0 Å². The molecule has 1 aliphatic carbocycles. The zero-order valence-electron chi connectivity index (χ0n) is 20.0. The SMILES string of the molecule is CSc1ccc(/C=C2/C(C)=C(CC(=O)N3CCN(c4ccncc4)CC3)c3cc(F)ccc32)cc1. The Hall–Kier alpha value is -3.38. The monoisotopic (exact) mass is 485 g/mol. The van der Waals surface area contributed by atoms with Gasteiger partial charge in [0.05, 0.1) is 6.42 Å². The number of benzene rings is 2. The van der Waals surface area contributed by atoms with Crippen molar-refractivity contribution < 1.29 is 9.18 Å². The number of hydrogen-bond donors (Lipinski definition) is 0. The molecule has 1 aliphatic heterocycles. The number of nitrogens with zero attached hydrogens (tertiary/aromatic N) is 3. The lowest BCUT2D eigenvalue weighted by atomic mass is 10.0. The number of amides is 1. The number of fused-ring (bicyclic) bond motifs is 1. The lowest BCUT2D eigenvalue weighted by molar-refractivity contribution is -0.130. The van der Waals surface area contributed by atoms with Crippen LogP contribution >= 0.6 is 11.8 Å². The zero-order valence-corrected chi connectivity index (χ0v) is 20.8. The first-order valence-corrected chi connectivity index (χ1v) is 13.0. The molecule has 0 atom stereocenters. The molecule has 2 aromatic carbocycles. The third-order valence-corrected chi connectivity index (χ3v) is 7.61. The number of allylic oxidation sites excluding steroid dienone is 2. The van der Waals surface area contributed by atoms with E-state index in [0.29, 0.717) is 13.1 Å². The van der Waals surface area contributed by atoms with Crippen LogP contribution in [0.5, 0.6) is 0 Å². The number of halogens is 1. The molecule has 6 heteroatoms. The van der Waals surface area contributed by atoms with Crippen molar-refractivity contribution in [1.82, 2.24) is 9.88 Å². The van der Waals surface area contributed by atoms with E-state index in [1.807, 2.05) is 30.0 Å². The Morgan fingerprint density at radius 2 is 1.71 bits per heavy atom. The minimum Gasteiger partial charge on any atom is -0.368 e. The van der Waals surface area contributed by atoms with Crippen LogP contribution in [-0.2, 0) is 4.79 Å². The van der Waals surface area contributed by atoms with E-state index < -0.39 is 0 Å². The Labute approximate surface area is 210 Å². The second kappa shape index (κ2) is 10.1. The molecular formula is C29H28FN3OS. The largest absolute Gasteiger partial charge is 0.368 e. The first kappa shape index (κ1) is 23.4. The second-order valence-corrected chi connectivity index (χ2v) is 9.75. The summed E-state index contributed by atoms with van der Waals surface area (Å²) in [5.74, 6) is -0.187. The summed E-state index contributed by atoms with van der Waals surface area (Å²) in [6, 6.07) is 17.3. The number of pyridine rings is 1. The Morgan fingerprint density at radius 1 is 1.00 bits per heavy atom. The number of rotatable bonds is 5. The summed E-state index contributed by atoms with van der Waals surface area (Å²) in [6.07, 6.45) is 8.06. The maximum absolute atomic E-state index is 14.2. The highest BCUT2D eigenvalue weighted by atomic mass is 32.2. The van der Waals surface area contributed by atoms with Crippen molar-refractivity contribution in [2.45, 2.75) is 18.2 Å². The Bertz CT molecular complexity index is 1290. The molecule has 1 fully saturated rings. The van der Waals surface area contributed by atoms with Crippen molar-refractivity contribution in [1.29, 1.82) is 0 Å². The number of aromatic nitrogens is 1. The zero-order chi connectivity index (χ0) is 24.4. The van der Waals surface area contributed by atoms with Gasteiger partial charge in [0, 0.05) is 49.2 Å². The van der Waals surface area contributed by atoms with E-state index in [1.165, 1.54) is 11.0 Å². The van der Waals surface area contributed by atoms with Gasteiger partial charge in [-0.15, -0.1) is 11.8 Å². The van der Waals surface area contributed by atoms with Crippen molar-refractivity contribution in [3.8, 4) is 0 Å². The molecule has 3 aromatic rings. The lowest BCUT2D eigenvalue weighted by Crippen LogP contribution is -2.48. The summed E-state index contributed by atoms with van der Waals surface area (Å²) in [5, 5.41) is 0. The van der Waals surface area contributed by atoms with E-state index in [1.54, 1.807) is 30.2 Å². The quantitative estimate of drug-likeness (QED) is 0.415. The molecule has 35 heavy (non-hydrogen) atoms. The molecular weight excluding hydrogens is 457 g/mol. The Kier molecular flexibility index (Phi) is 6.73. The molecule has 1 saturated heterocycles. The van der Waals surface area contributed by atoms with Gasteiger partial charge in [-0.1, -0.05) is 18.2 Å². The maximum atomic E-state index is 14.2. The normalized spacial score (nSPS) is 16.7. The summed E-state index contributed by atoms with van der Waals surface area (Å²) >= 11 is 1.71. The van der Waals surface area contributed by atoms with Crippen LogP contribution in [0, 0.1) is 5.82 Å². The van der Waals surface area contributed by atoms with Gasteiger partial charge >= 0.3 is 0 Å². The minimum absolute atomic E-state index is 0.0921. The highest BCUT2D eigenvalue weighted by Gasteiger charge is 2.28. The molecule has 0 saturated carbocycles. The van der Waals surface area contributed by atoms with Crippen molar-refractivity contribution in [2.24, 2.45) is 0 Å². The average molecular weight is 486 g/mol. The minimum atomic E-state index is -0.280. The fourth-order valence-electron chi connectivity index (χ4n) is 4.88. The number of carbonyl (C=O) groups is 1. The highest BCUT2D eigenvalue weighted by molar-refractivity contribution is 7.98. The van der Waals surface area contributed by atoms with Crippen LogP contribution in [0.1, 0.15) is 30.0 Å². The van der Waals surface area contributed by atoms with Gasteiger partial charge in [0.25, 0.3) is 0 Å². The van der Waals surface area contributed by atoms with E-state index in [4.69, 9.17) is 0 Å². The Balaban J connectivity index is 1.37. The van der Waals surface area contributed by atoms with Gasteiger partial charge in [0.1, 0.15) is 5.82 Å². The van der Waals surface area contributed by atoms with Gasteiger partial charge in [-0.05, 0) is 89.1 Å². The number of thioether (sulfide) groups is 1. The summed E-state index contributed by atoms with van der Waals surface area (Å²) in [5.41, 5.74) is 7.07. The highest BCUT2D eigenvalue weighted by Crippen LogP contribution is 2.44. The molecule has 0 unspecified atom stereocenters. The van der Waals surface area contributed by atoms with Crippen molar-refractivity contribution in [3.63, 3.8) is 0 Å². The van der Waals surface area contributed by atoms with Gasteiger partial charge in [-0.2, -0.15) is 0 Å². The smallest absolute Gasteiger partial charge is 0.227 e. The van der Waals surface area contributed by atoms with E-state index in [0.717, 1.165) is 52.2 Å². The predicted octanol–water partition coefficient (Wildman–Crippen LogP) is 6.01. The van der Waals surface area contributed by atoms with Crippen molar-refractivity contribution in [3.05, 3.63) is 95.1 Å². The first-order valence-electron chi connectivity index (χ1n) is 11.8. The van der Waals surface area contributed by atoms with Gasteiger partial charge in [-0.25, -0.2) is 4.39 Å². The molecule has 0 spiro atoms. The van der Waals surface area contributed by atoms with Crippen LogP contribution in [-0.4, -0.2) is 48.2 Å². The van der Waals surface area contributed by atoms with Gasteiger partial charge in [0.15, 0.2) is 0 Å². The summed E-state index contributed by atoms with van der Waals surface area (Å²) in [4.78, 5) is 22.8. The third kappa shape index (κ3) is 4.89. The Morgan fingerprint density at radius 3 is 2.40 bits per heavy atom. The van der Waals surface area contributed by atoms with Crippen LogP contribution < -0.4 is 4.90 Å². The second-order valence-electron chi connectivity index (χ2n) is 8.87. The maximum Gasteiger partial charge on any atom is 0.227 e. The molecule has 1 aromatic heterocycles. The fourth-order valence-corrected chi connectivity index (χ4v) is 5.29. The lowest BCUT2D eigenvalue weighted by Gasteiger charge is -2.36. The van der Waals surface area contributed by atoms with Crippen LogP contribution in [0.15, 0.2) is 77.5 Å². The van der Waals surface area contributed by atoms with Crippen LogP contribution in [0.4, 0.5) is 10.1 Å². The average Bonchev–Trinajstić information content (AvgIpc) is 3.14. The van der Waals surface area contributed by atoms with Gasteiger partial charge < -0.3 is 9.80 Å². The van der Waals surface area contributed by atoms with E-state index in [9.17, 15) is 9.18 Å². The van der Waals surface area contributed by atoms with Crippen LogP contribution in [0.3, 0.4) is 0 Å². The third-order valence-electron chi connectivity index (χ3n) is 6.87. The fraction of sp³-hybridized carbons (Fsp3) is 0.241. The van der Waals surface area contributed by atoms with Crippen molar-refractivity contribution >= 4 is 40.6 Å². The van der Waals surface area contributed by atoms with E-state index in [2.05, 4.69) is 46.5 Å². The summed E-state index contributed by atoms with van der Waals surface area (Å²) < 4.78 is 14.2. The van der Waals surface area contributed by atoms with Crippen molar-refractivity contribution in [2.75, 3.05) is 37.3 Å². The molecule has 5 rings (SSSR count). The topological polar surface area (TPSA) is 36.4 Å². The molecule has 4 nitrogen and oxygen atoms in total. The molecule has 0 radical (unpaired) electrons. The predicted molar refractivity (Wildman–Crippen MR) is 143 cm³/mol. The number of piperazine rings is 1. The van der Waals surface area contributed by atoms with Gasteiger partial charge in [0.2, 0.25) is 5.91 Å². The van der Waals surface area contributed by atoms with E-state index in [-0.39, 0.29) is 18.1 Å². The summed E-state index contributed by atoms with van der Waals surface area (Å²) in [7, 11) is 0. The number of anilines is 1. The standard InChI is InChI=1S/C29H28FN3OS/c1-20-26(17-21-3-6-24(35-2)7-4-21)25-8-5-22(30)18-28(25)27(20)19-29(34)33-15-13-32(14-16-33)23-9-11-31-12-10-23/h3-12,17-18H,13-16,19H2,1-2H3/b26-17-. The molecule has 0 N–H and O–H groups in total.